The molecule has 1 amide bonds. The number of benzene rings is 1. The number of hydrogen-bond acceptors (Lipinski definition) is 4. The minimum Gasteiger partial charge on any atom is -0.342 e. The molecule has 152 valence electrons. The molecule has 0 aliphatic carbocycles. The van der Waals surface area contributed by atoms with Gasteiger partial charge in [0.1, 0.15) is 0 Å². The Labute approximate surface area is 167 Å². The molecule has 7 heteroatoms. The van der Waals surface area contributed by atoms with Gasteiger partial charge in [-0.25, -0.2) is 13.8 Å². The van der Waals surface area contributed by atoms with Crippen LogP contribution in [0.1, 0.15) is 60.5 Å². The van der Waals surface area contributed by atoms with Crippen molar-refractivity contribution in [2.45, 2.75) is 45.0 Å². The second-order valence-electron chi connectivity index (χ2n) is 7.62. The molecular weight excluding hydrogens is 376 g/mol. The van der Waals surface area contributed by atoms with E-state index in [-0.39, 0.29) is 29.0 Å². The number of pyridine rings is 1. The first-order chi connectivity index (χ1) is 14.0. The van der Waals surface area contributed by atoms with Crippen molar-refractivity contribution in [3.8, 4) is 0 Å². The lowest BCUT2D eigenvalue weighted by atomic mass is 9.90. The summed E-state index contributed by atoms with van der Waals surface area (Å²) in [6.07, 6.45) is -1.26. The number of aryl methyl sites for hydroxylation is 1. The Morgan fingerprint density at radius 3 is 2.55 bits per heavy atom. The van der Waals surface area contributed by atoms with Crippen LogP contribution in [-0.4, -0.2) is 34.0 Å². The number of amides is 1. The first kappa shape index (κ1) is 19.5. The zero-order valence-electron chi connectivity index (χ0n) is 16.4. The predicted octanol–water partition coefficient (Wildman–Crippen LogP) is 4.98. The number of hydrogen-bond donors (Lipinski definition) is 0. The Hall–Kier alpha value is -2.83. The van der Waals surface area contributed by atoms with Crippen molar-refractivity contribution >= 4 is 17.0 Å². The van der Waals surface area contributed by atoms with Gasteiger partial charge < -0.3 is 9.42 Å². The van der Waals surface area contributed by atoms with Gasteiger partial charge >= 0.3 is 0 Å². The smallest absolute Gasteiger partial charge is 0.264 e. The van der Waals surface area contributed by atoms with Crippen molar-refractivity contribution in [3.63, 3.8) is 0 Å². The molecule has 0 radical (unpaired) electrons. The Kier molecular flexibility index (Phi) is 5.30. The Bertz CT molecular complexity index is 1010. The first-order valence-corrected chi connectivity index (χ1v) is 9.84. The van der Waals surface area contributed by atoms with Crippen LogP contribution < -0.4 is 0 Å². The molecule has 29 heavy (non-hydrogen) atoms. The van der Waals surface area contributed by atoms with Crippen LogP contribution in [0, 0.1) is 6.92 Å². The number of halogens is 2. The van der Waals surface area contributed by atoms with Crippen molar-refractivity contribution < 1.29 is 18.1 Å². The molecule has 0 saturated carbocycles. The molecule has 1 fully saturated rings. The molecule has 1 saturated heterocycles. The lowest BCUT2D eigenvalue weighted by Crippen LogP contribution is -2.40. The number of carbonyl (C=O) groups excluding carboxylic acids is 1. The number of piperidine rings is 1. The summed E-state index contributed by atoms with van der Waals surface area (Å²) in [6.45, 7) is 4.72. The maximum Gasteiger partial charge on any atom is 0.264 e. The summed E-state index contributed by atoms with van der Waals surface area (Å²) in [4.78, 5) is 19.2. The molecule has 1 aromatic carbocycles. The van der Waals surface area contributed by atoms with E-state index in [2.05, 4.69) is 10.1 Å². The van der Waals surface area contributed by atoms with Crippen LogP contribution in [0.15, 0.2) is 40.9 Å². The molecule has 1 atom stereocenters. The molecule has 5 nitrogen and oxygen atoms in total. The number of nitrogens with zero attached hydrogens (tertiary/aromatic N) is 3. The summed E-state index contributed by atoms with van der Waals surface area (Å²) in [7, 11) is 0. The van der Waals surface area contributed by atoms with E-state index in [4.69, 9.17) is 4.52 Å². The molecule has 3 heterocycles. The van der Waals surface area contributed by atoms with Gasteiger partial charge in [0.05, 0.1) is 17.0 Å². The lowest BCUT2D eigenvalue weighted by molar-refractivity contribution is -0.133. The Morgan fingerprint density at radius 2 is 1.90 bits per heavy atom. The predicted molar refractivity (Wildman–Crippen MR) is 105 cm³/mol. The minimum absolute atomic E-state index is 0.0124. The summed E-state index contributed by atoms with van der Waals surface area (Å²) in [5.41, 5.74) is 2.08. The van der Waals surface area contributed by atoms with Gasteiger partial charge in [-0.2, -0.15) is 0 Å². The third-order valence-electron chi connectivity index (χ3n) is 5.80. The van der Waals surface area contributed by atoms with Gasteiger partial charge in [0, 0.05) is 30.3 Å². The van der Waals surface area contributed by atoms with Gasteiger partial charge in [0.25, 0.3) is 12.1 Å². The largest absolute Gasteiger partial charge is 0.342 e. The zero-order valence-corrected chi connectivity index (χ0v) is 16.4. The van der Waals surface area contributed by atoms with E-state index >= 15 is 0 Å². The fourth-order valence-corrected chi connectivity index (χ4v) is 4.08. The van der Waals surface area contributed by atoms with Crippen LogP contribution in [0.2, 0.25) is 0 Å². The Balaban J connectivity index is 1.49. The maximum absolute atomic E-state index is 13.6. The second-order valence-corrected chi connectivity index (χ2v) is 7.62. The highest BCUT2D eigenvalue weighted by molar-refractivity contribution is 5.83. The van der Waals surface area contributed by atoms with E-state index in [0.29, 0.717) is 42.7 Å². The van der Waals surface area contributed by atoms with Crippen LogP contribution in [0.4, 0.5) is 8.78 Å². The molecule has 1 aliphatic heterocycles. The van der Waals surface area contributed by atoms with E-state index in [1.807, 2.05) is 42.2 Å². The number of carbonyl (C=O) groups is 1. The third-order valence-corrected chi connectivity index (χ3v) is 5.80. The topological polar surface area (TPSA) is 59.2 Å². The third kappa shape index (κ3) is 3.73. The molecule has 0 N–H and O–H groups in total. The van der Waals surface area contributed by atoms with E-state index in [1.165, 1.54) is 6.07 Å². The average Bonchev–Trinajstić information content (AvgIpc) is 3.13. The Morgan fingerprint density at radius 1 is 1.21 bits per heavy atom. The van der Waals surface area contributed by atoms with Gasteiger partial charge in [-0.3, -0.25) is 4.79 Å². The van der Waals surface area contributed by atoms with Crippen LogP contribution in [-0.2, 0) is 4.79 Å². The fraction of sp³-hybridized carbons (Fsp3) is 0.409. The van der Waals surface area contributed by atoms with Crippen molar-refractivity contribution in [3.05, 3.63) is 58.9 Å². The second kappa shape index (κ2) is 7.89. The van der Waals surface area contributed by atoms with Gasteiger partial charge in [-0.15, -0.1) is 0 Å². The van der Waals surface area contributed by atoms with Crippen molar-refractivity contribution in [2.24, 2.45) is 0 Å². The summed E-state index contributed by atoms with van der Waals surface area (Å²) in [5.74, 6) is -0.0968. The maximum atomic E-state index is 13.6. The van der Waals surface area contributed by atoms with Gasteiger partial charge in [-0.1, -0.05) is 35.5 Å². The highest BCUT2D eigenvalue weighted by Crippen LogP contribution is 2.35. The highest BCUT2D eigenvalue weighted by atomic mass is 19.3. The van der Waals surface area contributed by atoms with E-state index in [0.717, 1.165) is 5.56 Å². The molecule has 3 aromatic rings. The highest BCUT2D eigenvalue weighted by Gasteiger charge is 2.29. The van der Waals surface area contributed by atoms with E-state index < -0.39 is 6.43 Å². The molecule has 1 aliphatic rings. The minimum atomic E-state index is -2.62. The lowest BCUT2D eigenvalue weighted by Gasteiger charge is -2.33. The van der Waals surface area contributed by atoms with Crippen molar-refractivity contribution in [2.75, 3.05) is 13.1 Å². The molecule has 2 aromatic heterocycles. The van der Waals surface area contributed by atoms with Crippen LogP contribution >= 0.6 is 0 Å². The van der Waals surface area contributed by atoms with Crippen molar-refractivity contribution in [1.82, 2.24) is 15.0 Å². The first-order valence-electron chi connectivity index (χ1n) is 9.84. The number of likely N-dealkylation sites (tertiary alicyclic amines) is 1. The summed E-state index contributed by atoms with van der Waals surface area (Å²) in [5, 5.41) is 4.08. The molecule has 0 bridgehead atoms. The van der Waals surface area contributed by atoms with Crippen molar-refractivity contribution in [1.29, 1.82) is 0 Å². The van der Waals surface area contributed by atoms with Crippen LogP contribution in [0.25, 0.3) is 11.1 Å². The monoisotopic (exact) mass is 399 g/mol. The quantitative estimate of drug-likeness (QED) is 0.621. The average molecular weight is 399 g/mol. The van der Waals surface area contributed by atoms with Gasteiger partial charge in [-0.05, 0) is 38.3 Å². The standard InChI is InChI=1S/C22H23F2N3O2/c1-13(15-6-4-3-5-7-15)22(28)27-10-8-16(9-11-27)18-12-17(20(23)24)19-14(2)26-29-21(19)25-18/h3-7,12-13,16,20H,8-11H2,1-2H3. The van der Waals surface area contributed by atoms with E-state index in [9.17, 15) is 13.6 Å². The molecular formula is C22H23F2N3O2. The van der Waals surface area contributed by atoms with Crippen LogP contribution in [0.3, 0.4) is 0 Å². The number of aromatic nitrogens is 2. The molecule has 4 rings (SSSR count). The molecule has 1 unspecified atom stereocenters. The number of fused-ring (bicyclic) bond motifs is 1. The van der Waals surface area contributed by atoms with Gasteiger partial charge in [0.15, 0.2) is 0 Å². The number of alkyl halides is 2. The van der Waals surface area contributed by atoms with E-state index in [1.54, 1.807) is 6.92 Å². The summed E-state index contributed by atoms with van der Waals surface area (Å²) >= 11 is 0. The zero-order chi connectivity index (χ0) is 20.5. The summed E-state index contributed by atoms with van der Waals surface area (Å²) < 4.78 is 32.3. The number of rotatable bonds is 4. The SMILES string of the molecule is Cc1noc2nc(C3CCN(C(=O)C(C)c4ccccc4)CC3)cc(C(F)F)c12. The molecule has 0 spiro atoms. The summed E-state index contributed by atoms with van der Waals surface area (Å²) in [6, 6.07) is 11.2. The van der Waals surface area contributed by atoms with Crippen LogP contribution in [0.5, 0.6) is 0 Å². The van der Waals surface area contributed by atoms with Gasteiger partial charge in [0.2, 0.25) is 5.91 Å². The fourth-order valence-electron chi connectivity index (χ4n) is 4.08. The normalized spacial score (nSPS) is 16.5.